The summed E-state index contributed by atoms with van der Waals surface area (Å²) in [6.07, 6.45) is 3.55. The molecule has 0 amide bonds. The van der Waals surface area contributed by atoms with Crippen molar-refractivity contribution in [2.24, 2.45) is 0 Å². The Kier molecular flexibility index (Phi) is 11.2. The van der Waals surface area contributed by atoms with E-state index in [2.05, 4.69) is 22.1 Å². The van der Waals surface area contributed by atoms with Crippen molar-refractivity contribution in [1.82, 2.24) is 15.5 Å². The molecule has 92 valence electrons. The summed E-state index contributed by atoms with van der Waals surface area (Å²) in [7, 11) is 0. The lowest BCUT2D eigenvalue weighted by atomic mass is 10.4. The van der Waals surface area contributed by atoms with Gasteiger partial charge in [-0.15, -0.1) is 6.58 Å². The Morgan fingerprint density at radius 3 is 1.88 bits per heavy atom. The van der Waals surface area contributed by atoms with Crippen LogP contribution in [0.3, 0.4) is 0 Å². The zero-order valence-corrected chi connectivity index (χ0v) is 9.65. The third-order valence-electron chi connectivity index (χ3n) is 2.05. The summed E-state index contributed by atoms with van der Waals surface area (Å²) >= 11 is 0. The Hall–Kier alpha value is -1.04. The van der Waals surface area contributed by atoms with Gasteiger partial charge in [-0.05, 0) is 0 Å². The highest BCUT2D eigenvalue weighted by Gasteiger charge is 2.01. The highest BCUT2D eigenvalue weighted by Crippen LogP contribution is 1.86. The molecule has 0 saturated carbocycles. The molecule has 0 heterocycles. The van der Waals surface area contributed by atoms with Crippen molar-refractivity contribution < 1.29 is 9.59 Å². The third kappa shape index (κ3) is 9.51. The van der Waals surface area contributed by atoms with Crippen molar-refractivity contribution in [3.8, 4) is 0 Å². The van der Waals surface area contributed by atoms with Crippen LogP contribution in [0.1, 0.15) is 0 Å². The summed E-state index contributed by atoms with van der Waals surface area (Å²) in [5.74, 6) is 0. The Labute approximate surface area is 96.9 Å². The molecule has 0 atom stereocenters. The first kappa shape index (κ1) is 15.0. The maximum absolute atomic E-state index is 10.1. The van der Waals surface area contributed by atoms with Gasteiger partial charge in [0.15, 0.2) is 0 Å². The second-order valence-electron chi connectivity index (χ2n) is 3.33. The van der Waals surface area contributed by atoms with E-state index in [-0.39, 0.29) is 0 Å². The molecule has 0 aliphatic heterocycles. The second-order valence-corrected chi connectivity index (χ2v) is 3.33. The van der Waals surface area contributed by atoms with Crippen LogP contribution in [0.5, 0.6) is 0 Å². The van der Waals surface area contributed by atoms with Gasteiger partial charge in [0, 0.05) is 32.7 Å². The molecule has 5 nitrogen and oxygen atoms in total. The molecule has 0 aromatic heterocycles. The fraction of sp³-hybridized carbons (Fsp3) is 0.636. The second kappa shape index (κ2) is 12.0. The predicted octanol–water partition coefficient (Wildman–Crippen LogP) is -0.949. The lowest BCUT2D eigenvalue weighted by Gasteiger charge is -2.20. The number of rotatable bonds is 12. The summed E-state index contributed by atoms with van der Waals surface area (Å²) in [5, 5.41) is 6.01. The van der Waals surface area contributed by atoms with Crippen LogP contribution in [-0.2, 0) is 9.59 Å². The predicted molar refractivity (Wildman–Crippen MR) is 64.5 cm³/mol. The number of nitrogens with zero attached hydrogens (tertiary/aromatic N) is 1. The molecular formula is C11H21N3O2. The van der Waals surface area contributed by atoms with Gasteiger partial charge in [-0.3, -0.25) is 4.90 Å². The van der Waals surface area contributed by atoms with Crippen LogP contribution in [0.2, 0.25) is 0 Å². The molecule has 0 radical (unpaired) electrons. The molecule has 16 heavy (non-hydrogen) atoms. The summed E-state index contributed by atoms with van der Waals surface area (Å²) in [5.41, 5.74) is 0. The van der Waals surface area contributed by atoms with Crippen LogP contribution in [0.4, 0.5) is 0 Å². The highest BCUT2D eigenvalue weighted by atomic mass is 16.1. The van der Waals surface area contributed by atoms with Crippen LogP contribution < -0.4 is 10.6 Å². The topological polar surface area (TPSA) is 61.4 Å². The monoisotopic (exact) mass is 227 g/mol. The van der Waals surface area contributed by atoms with E-state index in [1.165, 1.54) is 0 Å². The van der Waals surface area contributed by atoms with Gasteiger partial charge < -0.3 is 20.2 Å². The van der Waals surface area contributed by atoms with E-state index in [1.54, 1.807) is 0 Å². The highest BCUT2D eigenvalue weighted by molar-refractivity contribution is 5.52. The quantitative estimate of drug-likeness (QED) is 0.256. The molecule has 0 rings (SSSR count). The molecule has 0 saturated heterocycles. The zero-order valence-electron chi connectivity index (χ0n) is 9.65. The fourth-order valence-corrected chi connectivity index (χ4v) is 1.27. The standard InChI is InChI=1S/C11H21N3O2/c1-2-7-14(8-3-12-5-10-15)9-4-13-6-11-16/h2,10-13H,1,3-9H2. The summed E-state index contributed by atoms with van der Waals surface area (Å²) < 4.78 is 0. The fourth-order valence-electron chi connectivity index (χ4n) is 1.27. The van der Waals surface area contributed by atoms with Gasteiger partial charge in [-0.25, -0.2) is 0 Å². The van der Waals surface area contributed by atoms with E-state index in [0.29, 0.717) is 13.1 Å². The number of aldehydes is 2. The van der Waals surface area contributed by atoms with Gasteiger partial charge >= 0.3 is 0 Å². The molecule has 0 spiro atoms. The van der Waals surface area contributed by atoms with Crippen LogP contribution in [0.15, 0.2) is 12.7 Å². The smallest absolute Gasteiger partial charge is 0.133 e. The molecule has 5 heteroatoms. The van der Waals surface area contributed by atoms with Gasteiger partial charge in [0.05, 0.1) is 13.1 Å². The minimum atomic E-state index is 0.394. The van der Waals surface area contributed by atoms with Crippen LogP contribution >= 0.6 is 0 Å². The normalized spacial score (nSPS) is 10.3. The Bertz CT molecular complexity index is 182. The van der Waals surface area contributed by atoms with Crippen molar-refractivity contribution in [3.63, 3.8) is 0 Å². The van der Waals surface area contributed by atoms with E-state index in [4.69, 9.17) is 0 Å². The molecular weight excluding hydrogens is 206 g/mol. The van der Waals surface area contributed by atoms with Crippen LogP contribution in [-0.4, -0.2) is 63.3 Å². The van der Waals surface area contributed by atoms with E-state index < -0.39 is 0 Å². The Balaban J connectivity index is 3.56. The number of hydrogen-bond acceptors (Lipinski definition) is 5. The Morgan fingerprint density at radius 1 is 1.00 bits per heavy atom. The molecule has 0 fully saturated rings. The lowest BCUT2D eigenvalue weighted by molar-refractivity contribution is -0.107. The Morgan fingerprint density at radius 2 is 1.50 bits per heavy atom. The number of carbonyl (C=O) groups excluding carboxylic acids is 2. The third-order valence-corrected chi connectivity index (χ3v) is 2.05. The van der Waals surface area contributed by atoms with E-state index in [0.717, 1.165) is 45.3 Å². The number of hydrogen-bond donors (Lipinski definition) is 2. The first-order chi connectivity index (χ1) is 7.85. The molecule has 0 bridgehead atoms. The van der Waals surface area contributed by atoms with Crippen LogP contribution in [0, 0.1) is 0 Å². The maximum atomic E-state index is 10.1. The zero-order chi connectivity index (χ0) is 12.1. The van der Waals surface area contributed by atoms with Gasteiger partial charge in [0.1, 0.15) is 12.6 Å². The van der Waals surface area contributed by atoms with Gasteiger partial charge in [0.25, 0.3) is 0 Å². The molecule has 0 aliphatic rings. The number of nitrogens with one attached hydrogen (secondary N) is 2. The van der Waals surface area contributed by atoms with E-state index in [9.17, 15) is 9.59 Å². The van der Waals surface area contributed by atoms with Crippen LogP contribution in [0.25, 0.3) is 0 Å². The van der Waals surface area contributed by atoms with Crippen molar-refractivity contribution in [2.75, 3.05) is 45.8 Å². The molecule has 0 aliphatic carbocycles. The number of carbonyl (C=O) groups is 2. The molecule has 2 N–H and O–H groups in total. The van der Waals surface area contributed by atoms with Gasteiger partial charge in [-0.1, -0.05) is 6.08 Å². The SMILES string of the molecule is C=CCN(CCNCC=O)CCNCC=O. The molecule has 0 aromatic carbocycles. The minimum Gasteiger partial charge on any atom is -0.309 e. The van der Waals surface area contributed by atoms with E-state index in [1.807, 2.05) is 6.08 Å². The summed E-state index contributed by atoms with van der Waals surface area (Å²) in [4.78, 5) is 22.4. The van der Waals surface area contributed by atoms with Gasteiger partial charge in [0.2, 0.25) is 0 Å². The van der Waals surface area contributed by atoms with Crippen molar-refractivity contribution in [3.05, 3.63) is 12.7 Å². The lowest BCUT2D eigenvalue weighted by Crippen LogP contribution is -2.37. The summed E-state index contributed by atoms with van der Waals surface area (Å²) in [6, 6.07) is 0. The van der Waals surface area contributed by atoms with Crippen molar-refractivity contribution >= 4 is 12.6 Å². The average molecular weight is 227 g/mol. The molecule has 0 unspecified atom stereocenters. The minimum absolute atomic E-state index is 0.394. The summed E-state index contributed by atoms with van der Waals surface area (Å²) in [6.45, 7) is 8.58. The van der Waals surface area contributed by atoms with E-state index >= 15 is 0 Å². The van der Waals surface area contributed by atoms with Crippen molar-refractivity contribution in [1.29, 1.82) is 0 Å². The largest absolute Gasteiger partial charge is 0.309 e. The molecule has 0 aromatic rings. The first-order valence-electron chi connectivity index (χ1n) is 5.47. The van der Waals surface area contributed by atoms with Gasteiger partial charge in [-0.2, -0.15) is 0 Å². The average Bonchev–Trinajstić information content (AvgIpc) is 2.30. The van der Waals surface area contributed by atoms with Crippen molar-refractivity contribution in [2.45, 2.75) is 0 Å². The first-order valence-corrected chi connectivity index (χ1v) is 5.47. The maximum Gasteiger partial charge on any atom is 0.133 e.